The Morgan fingerprint density at radius 2 is 1.71 bits per heavy atom. The smallest absolute Gasteiger partial charge is 0.180 e. The molecule has 3 aromatic rings. The van der Waals surface area contributed by atoms with Gasteiger partial charge in [-0.05, 0) is 49.2 Å². The Balaban J connectivity index is 1.74. The van der Waals surface area contributed by atoms with E-state index in [1.54, 1.807) is 7.11 Å². The van der Waals surface area contributed by atoms with Gasteiger partial charge in [-0.2, -0.15) is 0 Å². The summed E-state index contributed by atoms with van der Waals surface area (Å²) in [6.07, 6.45) is 0. The fraction of sp³-hybridized carbons (Fsp3) is 0.217. The van der Waals surface area contributed by atoms with Gasteiger partial charge in [0.15, 0.2) is 11.5 Å². The molecule has 3 rings (SSSR count). The fourth-order valence-electron chi connectivity index (χ4n) is 2.99. The fourth-order valence-corrected chi connectivity index (χ4v) is 3.47. The maximum absolute atomic E-state index is 6.49. The number of methoxy groups -OCH3 is 1. The van der Waals surface area contributed by atoms with Gasteiger partial charge in [0.05, 0.1) is 12.1 Å². The molecule has 0 amide bonds. The van der Waals surface area contributed by atoms with Crippen molar-refractivity contribution in [2.45, 2.75) is 27.0 Å². The first kappa shape index (κ1) is 20.4. The molecule has 0 bridgehead atoms. The Morgan fingerprint density at radius 3 is 2.43 bits per heavy atom. The van der Waals surface area contributed by atoms with Crippen LogP contribution >= 0.6 is 23.2 Å². The minimum atomic E-state index is 0.315. The molecule has 0 aliphatic carbocycles. The highest BCUT2D eigenvalue weighted by molar-refractivity contribution is 6.32. The second kappa shape index (κ2) is 9.22. The zero-order chi connectivity index (χ0) is 20.1. The van der Waals surface area contributed by atoms with Crippen LogP contribution in [0.4, 0.5) is 5.69 Å². The Kier molecular flexibility index (Phi) is 6.71. The highest BCUT2D eigenvalue weighted by Gasteiger charge is 2.13. The molecule has 0 fully saturated rings. The van der Waals surface area contributed by atoms with Gasteiger partial charge in [-0.3, -0.25) is 0 Å². The van der Waals surface area contributed by atoms with Crippen LogP contribution in [0, 0.1) is 13.8 Å². The summed E-state index contributed by atoms with van der Waals surface area (Å²) in [6.45, 7) is 5.12. The van der Waals surface area contributed by atoms with Crippen LogP contribution in [0.2, 0.25) is 10.0 Å². The summed E-state index contributed by atoms with van der Waals surface area (Å²) in [5.74, 6) is 1.11. The topological polar surface area (TPSA) is 30.5 Å². The molecule has 0 saturated carbocycles. The van der Waals surface area contributed by atoms with Gasteiger partial charge in [-0.1, -0.05) is 59.1 Å². The third-order valence-corrected chi connectivity index (χ3v) is 5.13. The van der Waals surface area contributed by atoms with Crippen LogP contribution in [0.25, 0.3) is 0 Å². The largest absolute Gasteiger partial charge is 0.493 e. The minimum Gasteiger partial charge on any atom is -0.493 e. The normalized spacial score (nSPS) is 10.6. The molecule has 0 spiro atoms. The molecule has 28 heavy (non-hydrogen) atoms. The highest BCUT2D eigenvalue weighted by atomic mass is 35.5. The maximum atomic E-state index is 6.49. The third kappa shape index (κ3) is 4.92. The van der Waals surface area contributed by atoms with Crippen molar-refractivity contribution < 1.29 is 9.47 Å². The van der Waals surface area contributed by atoms with Gasteiger partial charge in [0.2, 0.25) is 0 Å². The molecule has 0 aromatic heterocycles. The first-order valence-electron chi connectivity index (χ1n) is 9.01. The Hall–Kier alpha value is -2.36. The van der Waals surface area contributed by atoms with Crippen LogP contribution in [0.5, 0.6) is 11.5 Å². The minimum absolute atomic E-state index is 0.315. The van der Waals surface area contributed by atoms with E-state index < -0.39 is 0 Å². The lowest BCUT2D eigenvalue weighted by molar-refractivity contribution is 0.284. The number of hydrogen-bond acceptors (Lipinski definition) is 3. The number of rotatable bonds is 7. The summed E-state index contributed by atoms with van der Waals surface area (Å²) in [5, 5.41) is 4.61. The molecule has 0 aliphatic rings. The van der Waals surface area contributed by atoms with E-state index in [0.717, 1.165) is 16.8 Å². The lowest BCUT2D eigenvalue weighted by atomic mass is 10.1. The van der Waals surface area contributed by atoms with Gasteiger partial charge in [0.25, 0.3) is 0 Å². The van der Waals surface area contributed by atoms with Crippen LogP contribution in [0.3, 0.4) is 0 Å². The predicted molar refractivity (Wildman–Crippen MR) is 117 cm³/mol. The van der Waals surface area contributed by atoms with Crippen LogP contribution in [0.15, 0.2) is 54.6 Å². The molecule has 3 nitrogen and oxygen atoms in total. The van der Waals surface area contributed by atoms with Gasteiger partial charge in [0, 0.05) is 22.8 Å². The van der Waals surface area contributed by atoms with Gasteiger partial charge < -0.3 is 14.8 Å². The molecule has 0 unspecified atom stereocenters. The van der Waals surface area contributed by atoms with E-state index in [1.807, 2.05) is 36.4 Å². The number of nitrogens with one attached hydrogen (secondary N) is 1. The summed E-state index contributed by atoms with van der Waals surface area (Å²) in [4.78, 5) is 0. The van der Waals surface area contributed by atoms with Crippen molar-refractivity contribution >= 4 is 28.9 Å². The zero-order valence-electron chi connectivity index (χ0n) is 16.2. The van der Waals surface area contributed by atoms with E-state index >= 15 is 0 Å². The Labute approximate surface area is 176 Å². The summed E-state index contributed by atoms with van der Waals surface area (Å²) in [5.41, 5.74) is 5.44. The van der Waals surface area contributed by atoms with E-state index in [2.05, 4.69) is 37.4 Å². The maximum Gasteiger partial charge on any atom is 0.180 e. The Morgan fingerprint density at radius 1 is 0.929 bits per heavy atom. The summed E-state index contributed by atoms with van der Waals surface area (Å²) < 4.78 is 11.4. The molecule has 0 saturated heterocycles. The van der Waals surface area contributed by atoms with E-state index in [9.17, 15) is 0 Å². The second-order valence-electron chi connectivity index (χ2n) is 6.66. The molecule has 3 aromatic carbocycles. The quantitative estimate of drug-likeness (QED) is 0.459. The van der Waals surface area contributed by atoms with Crippen LogP contribution in [-0.4, -0.2) is 7.11 Å². The lowest BCUT2D eigenvalue weighted by Crippen LogP contribution is -2.04. The van der Waals surface area contributed by atoms with Crippen LogP contribution in [0.1, 0.15) is 22.3 Å². The van der Waals surface area contributed by atoms with Gasteiger partial charge in [0.1, 0.15) is 6.61 Å². The number of halogens is 2. The summed E-state index contributed by atoms with van der Waals surface area (Å²) in [7, 11) is 1.61. The molecule has 0 radical (unpaired) electrons. The monoisotopic (exact) mass is 415 g/mol. The van der Waals surface area contributed by atoms with Crippen molar-refractivity contribution in [2.24, 2.45) is 0 Å². The van der Waals surface area contributed by atoms with E-state index in [-0.39, 0.29) is 0 Å². The van der Waals surface area contributed by atoms with Gasteiger partial charge in [-0.15, -0.1) is 0 Å². The van der Waals surface area contributed by atoms with Crippen LogP contribution < -0.4 is 14.8 Å². The van der Waals surface area contributed by atoms with Crippen molar-refractivity contribution in [3.63, 3.8) is 0 Å². The summed E-state index contributed by atoms with van der Waals surface area (Å²) >= 11 is 12.7. The number of benzene rings is 3. The highest BCUT2D eigenvalue weighted by Crippen LogP contribution is 2.37. The summed E-state index contributed by atoms with van der Waals surface area (Å²) in [6, 6.07) is 17.7. The van der Waals surface area contributed by atoms with E-state index in [1.165, 1.54) is 11.1 Å². The molecule has 1 N–H and O–H groups in total. The number of ether oxygens (including phenoxy) is 2. The van der Waals surface area contributed by atoms with Crippen molar-refractivity contribution in [1.82, 2.24) is 0 Å². The van der Waals surface area contributed by atoms with Gasteiger partial charge in [-0.25, -0.2) is 0 Å². The average molecular weight is 416 g/mol. The molecular weight excluding hydrogens is 393 g/mol. The molecule has 0 atom stereocenters. The van der Waals surface area contributed by atoms with Crippen molar-refractivity contribution in [1.29, 1.82) is 0 Å². The van der Waals surface area contributed by atoms with Crippen molar-refractivity contribution in [3.8, 4) is 11.5 Å². The zero-order valence-corrected chi connectivity index (χ0v) is 17.7. The average Bonchev–Trinajstić information content (AvgIpc) is 2.67. The molecule has 146 valence electrons. The van der Waals surface area contributed by atoms with E-state index in [0.29, 0.717) is 34.7 Å². The molecular formula is C23H23Cl2NO2. The lowest BCUT2D eigenvalue weighted by Gasteiger charge is -2.16. The third-order valence-electron chi connectivity index (χ3n) is 4.48. The predicted octanol–water partition coefficient (Wildman–Crippen LogP) is 6.81. The van der Waals surface area contributed by atoms with Gasteiger partial charge >= 0.3 is 0 Å². The number of hydrogen-bond donors (Lipinski definition) is 1. The number of aryl methyl sites for hydroxylation is 2. The molecule has 0 aliphatic heterocycles. The second-order valence-corrected chi connectivity index (χ2v) is 7.48. The van der Waals surface area contributed by atoms with Crippen LogP contribution in [-0.2, 0) is 13.2 Å². The first-order chi connectivity index (χ1) is 13.5. The first-order valence-corrected chi connectivity index (χ1v) is 9.77. The molecule has 0 heterocycles. The molecule has 5 heteroatoms. The number of anilines is 1. The van der Waals surface area contributed by atoms with E-state index in [4.69, 9.17) is 32.7 Å². The van der Waals surface area contributed by atoms with Crippen molar-refractivity contribution in [2.75, 3.05) is 12.4 Å². The standard InChI is InChI=1S/C23H23Cl2NO2/c1-15-8-9-21(16(2)10-15)26-13-17-11-20(25)23(22(12-17)27-3)28-14-18-6-4-5-7-19(18)24/h4-12,26H,13-14H2,1-3H3. The SMILES string of the molecule is COc1cc(CNc2ccc(C)cc2C)cc(Cl)c1OCc1ccccc1Cl. The Bertz CT molecular complexity index is 973. The van der Waals surface area contributed by atoms with Crippen molar-refractivity contribution in [3.05, 3.63) is 86.9 Å².